The van der Waals surface area contributed by atoms with E-state index in [0.717, 1.165) is 10.8 Å². The highest BCUT2D eigenvalue weighted by atomic mass is 16.5. The van der Waals surface area contributed by atoms with E-state index in [1.807, 2.05) is 30.3 Å². The molecule has 0 spiro atoms. The zero-order valence-corrected chi connectivity index (χ0v) is 10.00. The lowest BCUT2D eigenvalue weighted by molar-refractivity contribution is -0.120. The van der Waals surface area contributed by atoms with Crippen molar-refractivity contribution in [2.75, 3.05) is 13.8 Å². The van der Waals surface area contributed by atoms with E-state index in [4.69, 9.17) is 4.74 Å². The summed E-state index contributed by atoms with van der Waals surface area (Å²) in [5.74, 6) is -0.436. The van der Waals surface area contributed by atoms with Gasteiger partial charge in [0.15, 0.2) is 6.73 Å². The maximum Gasteiger partial charge on any atom is 0.339 e. The van der Waals surface area contributed by atoms with Gasteiger partial charge < -0.3 is 9.64 Å². The molecular weight excluding hydrogens is 230 g/mol. The van der Waals surface area contributed by atoms with E-state index in [1.54, 1.807) is 19.2 Å². The Bertz CT molecular complexity index is 580. The van der Waals surface area contributed by atoms with Crippen LogP contribution in [0.3, 0.4) is 0 Å². The fraction of sp³-hybridized carbons (Fsp3) is 0.143. The molecule has 0 fully saturated rings. The Morgan fingerprint density at radius 1 is 1.22 bits per heavy atom. The fourth-order valence-corrected chi connectivity index (χ4v) is 1.59. The Morgan fingerprint density at radius 2 is 1.94 bits per heavy atom. The van der Waals surface area contributed by atoms with E-state index >= 15 is 0 Å². The quantitative estimate of drug-likeness (QED) is 0.469. The molecule has 4 heteroatoms. The number of amides is 1. The largest absolute Gasteiger partial charge is 0.441 e. The van der Waals surface area contributed by atoms with Gasteiger partial charge >= 0.3 is 5.97 Å². The summed E-state index contributed by atoms with van der Waals surface area (Å²) in [6, 6.07) is 13.1. The Balaban J connectivity index is 2.15. The van der Waals surface area contributed by atoms with Crippen LogP contribution in [0.1, 0.15) is 10.4 Å². The lowest BCUT2D eigenvalue weighted by Gasteiger charge is -2.11. The van der Waals surface area contributed by atoms with Crippen LogP contribution in [0.2, 0.25) is 0 Å². The van der Waals surface area contributed by atoms with Crippen molar-refractivity contribution in [1.82, 2.24) is 4.90 Å². The number of hydrogen-bond acceptors (Lipinski definition) is 3. The Hall–Kier alpha value is -2.36. The minimum absolute atomic E-state index is 0.0465. The molecule has 1 amide bonds. The number of carbonyl (C=O) groups excluding carboxylic acids is 2. The van der Waals surface area contributed by atoms with E-state index in [-0.39, 0.29) is 6.73 Å². The van der Waals surface area contributed by atoms with E-state index in [2.05, 4.69) is 0 Å². The molecule has 0 aliphatic heterocycles. The van der Waals surface area contributed by atoms with Crippen molar-refractivity contribution in [2.24, 2.45) is 0 Å². The molecule has 4 nitrogen and oxygen atoms in total. The first-order chi connectivity index (χ1) is 8.70. The number of rotatable bonds is 4. The van der Waals surface area contributed by atoms with E-state index < -0.39 is 5.97 Å². The van der Waals surface area contributed by atoms with Crippen molar-refractivity contribution in [2.45, 2.75) is 0 Å². The molecular formula is C14H13NO3. The van der Waals surface area contributed by atoms with Crippen LogP contribution in [0.25, 0.3) is 10.8 Å². The molecule has 0 atom stereocenters. The van der Waals surface area contributed by atoms with Gasteiger partial charge in [-0.25, -0.2) is 4.79 Å². The predicted octanol–water partition coefficient (Wildman–Crippen LogP) is 2.04. The minimum Gasteiger partial charge on any atom is -0.441 e. The molecule has 2 aromatic carbocycles. The van der Waals surface area contributed by atoms with Crippen LogP contribution in [0, 0.1) is 0 Å². The van der Waals surface area contributed by atoms with Gasteiger partial charge in [-0.3, -0.25) is 4.79 Å². The molecule has 18 heavy (non-hydrogen) atoms. The highest BCUT2D eigenvalue weighted by molar-refractivity contribution is 5.95. The molecule has 0 radical (unpaired) electrons. The standard InChI is InChI=1S/C14H13NO3/c1-15(9-16)10-18-14(17)13-7-6-11-4-2-3-5-12(11)8-13/h2-9H,10H2,1H3. The number of hydrogen-bond donors (Lipinski definition) is 0. The highest BCUT2D eigenvalue weighted by Gasteiger charge is 2.08. The smallest absolute Gasteiger partial charge is 0.339 e. The molecule has 0 aliphatic carbocycles. The van der Waals surface area contributed by atoms with Crippen molar-refractivity contribution in [3.05, 3.63) is 48.0 Å². The second-order valence-corrected chi connectivity index (χ2v) is 3.99. The van der Waals surface area contributed by atoms with E-state index in [9.17, 15) is 9.59 Å². The average molecular weight is 243 g/mol. The van der Waals surface area contributed by atoms with Crippen LogP contribution in [-0.4, -0.2) is 31.1 Å². The number of carbonyl (C=O) groups is 2. The molecule has 0 saturated carbocycles. The van der Waals surface area contributed by atoms with Crippen molar-refractivity contribution in [3.8, 4) is 0 Å². The number of fused-ring (bicyclic) bond motifs is 1. The zero-order valence-electron chi connectivity index (χ0n) is 10.00. The van der Waals surface area contributed by atoms with E-state index in [1.165, 1.54) is 4.90 Å². The summed E-state index contributed by atoms with van der Waals surface area (Å²) in [5, 5.41) is 2.05. The topological polar surface area (TPSA) is 46.6 Å². The SMILES string of the molecule is CN(C=O)COC(=O)c1ccc2ccccc2c1. The van der Waals surface area contributed by atoms with Gasteiger partial charge in [-0.2, -0.15) is 0 Å². The Kier molecular flexibility index (Phi) is 3.57. The molecule has 0 N–H and O–H groups in total. The second kappa shape index (κ2) is 5.31. The first-order valence-corrected chi connectivity index (χ1v) is 5.52. The molecule has 2 rings (SSSR count). The summed E-state index contributed by atoms with van der Waals surface area (Å²) >= 11 is 0. The minimum atomic E-state index is -0.436. The Labute approximate surface area is 105 Å². The lowest BCUT2D eigenvalue weighted by Crippen LogP contribution is -2.22. The highest BCUT2D eigenvalue weighted by Crippen LogP contribution is 2.16. The van der Waals surface area contributed by atoms with Crippen LogP contribution < -0.4 is 0 Å². The first kappa shape index (κ1) is 12.1. The first-order valence-electron chi connectivity index (χ1n) is 5.52. The average Bonchev–Trinajstić information content (AvgIpc) is 2.43. The molecule has 0 aliphatic rings. The van der Waals surface area contributed by atoms with Crippen LogP contribution in [0.5, 0.6) is 0 Å². The summed E-state index contributed by atoms with van der Waals surface area (Å²) in [6.45, 7) is -0.0465. The van der Waals surface area contributed by atoms with Gasteiger partial charge in [-0.1, -0.05) is 30.3 Å². The van der Waals surface area contributed by atoms with Crippen LogP contribution >= 0.6 is 0 Å². The number of nitrogens with zero attached hydrogens (tertiary/aromatic N) is 1. The molecule has 0 saturated heterocycles. The van der Waals surface area contributed by atoms with Crippen LogP contribution in [0.15, 0.2) is 42.5 Å². The Morgan fingerprint density at radius 3 is 2.67 bits per heavy atom. The van der Waals surface area contributed by atoms with Gasteiger partial charge in [-0.15, -0.1) is 0 Å². The lowest BCUT2D eigenvalue weighted by atomic mass is 10.1. The fourth-order valence-electron chi connectivity index (χ4n) is 1.59. The summed E-state index contributed by atoms with van der Waals surface area (Å²) in [6.07, 6.45) is 0.605. The van der Waals surface area contributed by atoms with Gasteiger partial charge in [-0.05, 0) is 22.9 Å². The predicted molar refractivity (Wildman–Crippen MR) is 68.1 cm³/mol. The maximum absolute atomic E-state index is 11.7. The van der Waals surface area contributed by atoms with E-state index in [0.29, 0.717) is 12.0 Å². The summed E-state index contributed by atoms with van der Waals surface area (Å²) in [4.78, 5) is 23.4. The third-order valence-electron chi connectivity index (χ3n) is 2.56. The van der Waals surface area contributed by atoms with Crippen molar-refractivity contribution < 1.29 is 14.3 Å². The molecule has 0 bridgehead atoms. The summed E-state index contributed by atoms with van der Waals surface area (Å²) in [5.41, 5.74) is 0.480. The third-order valence-corrected chi connectivity index (χ3v) is 2.56. The molecule has 0 aromatic heterocycles. The van der Waals surface area contributed by atoms with Gasteiger partial charge in [0.1, 0.15) is 0 Å². The van der Waals surface area contributed by atoms with Crippen LogP contribution in [0.4, 0.5) is 0 Å². The number of esters is 1. The molecule has 0 unspecified atom stereocenters. The van der Waals surface area contributed by atoms with Gasteiger partial charge in [0.05, 0.1) is 5.56 Å². The third kappa shape index (κ3) is 2.66. The second-order valence-electron chi connectivity index (χ2n) is 3.99. The number of ether oxygens (including phenoxy) is 1. The molecule has 2 aromatic rings. The van der Waals surface area contributed by atoms with Crippen molar-refractivity contribution in [3.63, 3.8) is 0 Å². The van der Waals surface area contributed by atoms with Crippen molar-refractivity contribution in [1.29, 1.82) is 0 Å². The molecule has 0 heterocycles. The normalized spacial score (nSPS) is 10.1. The summed E-state index contributed by atoms with van der Waals surface area (Å²) in [7, 11) is 1.54. The number of benzene rings is 2. The molecule has 92 valence electrons. The summed E-state index contributed by atoms with van der Waals surface area (Å²) < 4.78 is 4.99. The zero-order chi connectivity index (χ0) is 13.0. The van der Waals surface area contributed by atoms with Gasteiger partial charge in [0.25, 0.3) is 0 Å². The monoisotopic (exact) mass is 243 g/mol. The maximum atomic E-state index is 11.7. The van der Waals surface area contributed by atoms with Crippen LogP contribution in [-0.2, 0) is 9.53 Å². The van der Waals surface area contributed by atoms with Gasteiger partial charge in [0, 0.05) is 7.05 Å². The van der Waals surface area contributed by atoms with Gasteiger partial charge in [0.2, 0.25) is 6.41 Å². The van der Waals surface area contributed by atoms with Crippen molar-refractivity contribution >= 4 is 23.2 Å².